The lowest BCUT2D eigenvalue weighted by atomic mass is 10.1. The first-order valence-corrected chi connectivity index (χ1v) is 9.89. The average Bonchev–Trinajstić information content (AvgIpc) is 2.69. The standard InChI is InChI=1S/C15H28O2.C6H10O4/c1-3-5-6-7-8-9-10-11-12-13-14-17-15(16)4-2;1-2-6(9)10-4-5(8)3-7/h4H,2-3,5-14H2,1H3;2,5,7-8H,1,3-4H2. The number of rotatable bonds is 16. The lowest BCUT2D eigenvalue weighted by Gasteiger charge is -2.05. The van der Waals surface area contributed by atoms with E-state index in [1.165, 1.54) is 63.9 Å². The van der Waals surface area contributed by atoms with Crippen LogP contribution in [0.3, 0.4) is 0 Å². The minimum absolute atomic E-state index is 0.193. The Morgan fingerprint density at radius 1 is 0.852 bits per heavy atom. The second kappa shape index (κ2) is 22.4. The van der Waals surface area contributed by atoms with Gasteiger partial charge in [-0.15, -0.1) is 0 Å². The van der Waals surface area contributed by atoms with E-state index in [2.05, 4.69) is 24.8 Å². The molecular weight excluding hydrogens is 348 g/mol. The lowest BCUT2D eigenvalue weighted by Crippen LogP contribution is -2.21. The quantitative estimate of drug-likeness (QED) is 0.239. The van der Waals surface area contributed by atoms with Crippen LogP contribution < -0.4 is 0 Å². The van der Waals surface area contributed by atoms with E-state index in [0.717, 1.165) is 12.5 Å². The minimum Gasteiger partial charge on any atom is -0.463 e. The molecule has 0 saturated heterocycles. The molecule has 6 heteroatoms. The van der Waals surface area contributed by atoms with Gasteiger partial charge in [0, 0.05) is 12.2 Å². The Bertz CT molecular complexity index is 381. The predicted molar refractivity (Wildman–Crippen MR) is 107 cm³/mol. The number of aliphatic hydroxyl groups excluding tert-OH is 2. The summed E-state index contributed by atoms with van der Waals surface area (Å²) in [6.07, 6.45) is 14.2. The van der Waals surface area contributed by atoms with Gasteiger partial charge in [-0.25, -0.2) is 9.59 Å². The first-order chi connectivity index (χ1) is 13.0. The van der Waals surface area contributed by atoms with Gasteiger partial charge in [0.15, 0.2) is 0 Å². The Morgan fingerprint density at radius 2 is 1.30 bits per heavy atom. The molecule has 0 heterocycles. The van der Waals surface area contributed by atoms with E-state index >= 15 is 0 Å². The average molecular weight is 387 g/mol. The molecule has 0 rings (SSSR count). The van der Waals surface area contributed by atoms with Gasteiger partial charge >= 0.3 is 11.9 Å². The third-order valence-electron chi connectivity index (χ3n) is 3.70. The highest BCUT2D eigenvalue weighted by Crippen LogP contribution is 2.10. The molecule has 1 unspecified atom stereocenters. The van der Waals surface area contributed by atoms with E-state index in [9.17, 15) is 9.59 Å². The van der Waals surface area contributed by atoms with Crippen molar-refractivity contribution >= 4 is 11.9 Å². The third kappa shape index (κ3) is 24.3. The van der Waals surface area contributed by atoms with Gasteiger partial charge in [0.2, 0.25) is 0 Å². The van der Waals surface area contributed by atoms with E-state index in [1.54, 1.807) is 0 Å². The maximum Gasteiger partial charge on any atom is 0.330 e. The van der Waals surface area contributed by atoms with Crippen LogP contribution in [0.5, 0.6) is 0 Å². The fraction of sp³-hybridized carbons (Fsp3) is 0.714. The normalized spacial score (nSPS) is 10.9. The number of hydrogen-bond donors (Lipinski definition) is 2. The highest BCUT2D eigenvalue weighted by atomic mass is 16.5. The van der Waals surface area contributed by atoms with Gasteiger partial charge in [0.25, 0.3) is 0 Å². The maximum atomic E-state index is 10.7. The van der Waals surface area contributed by atoms with Crippen molar-refractivity contribution in [1.29, 1.82) is 0 Å². The summed E-state index contributed by atoms with van der Waals surface area (Å²) >= 11 is 0. The molecule has 158 valence electrons. The first-order valence-electron chi connectivity index (χ1n) is 9.89. The summed E-state index contributed by atoms with van der Waals surface area (Å²) < 4.78 is 9.28. The summed E-state index contributed by atoms with van der Waals surface area (Å²) in [5.74, 6) is -0.909. The molecule has 1 atom stereocenters. The maximum absolute atomic E-state index is 10.7. The zero-order chi connectivity index (χ0) is 20.8. The SMILES string of the molecule is C=CC(=O)OCC(O)CO.C=CC(=O)OCCCCCCCCCCCC. The Hall–Kier alpha value is -1.66. The summed E-state index contributed by atoms with van der Waals surface area (Å²) in [7, 11) is 0. The van der Waals surface area contributed by atoms with Gasteiger partial charge in [-0.2, -0.15) is 0 Å². The molecule has 0 aromatic rings. The number of carbonyl (C=O) groups excluding carboxylic acids is 2. The van der Waals surface area contributed by atoms with Crippen molar-refractivity contribution in [3.63, 3.8) is 0 Å². The molecule has 0 aliphatic rings. The van der Waals surface area contributed by atoms with Crippen molar-refractivity contribution < 1.29 is 29.3 Å². The van der Waals surface area contributed by atoms with Crippen LogP contribution in [0.1, 0.15) is 71.1 Å². The van der Waals surface area contributed by atoms with Crippen molar-refractivity contribution in [3.8, 4) is 0 Å². The van der Waals surface area contributed by atoms with E-state index in [0.29, 0.717) is 6.61 Å². The van der Waals surface area contributed by atoms with Crippen LogP contribution in [-0.4, -0.2) is 48.1 Å². The van der Waals surface area contributed by atoms with E-state index in [1.807, 2.05) is 0 Å². The van der Waals surface area contributed by atoms with Gasteiger partial charge < -0.3 is 19.7 Å². The van der Waals surface area contributed by atoms with Crippen LogP contribution in [-0.2, 0) is 19.1 Å². The van der Waals surface area contributed by atoms with E-state index in [-0.39, 0.29) is 12.6 Å². The highest BCUT2D eigenvalue weighted by Gasteiger charge is 2.03. The summed E-state index contributed by atoms with van der Waals surface area (Å²) in [6.45, 7) is 8.69. The number of aliphatic hydroxyl groups is 2. The molecule has 27 heavy (non-hydrogen) atoms. The van der Waals surface area contributed by atoms with E-state index in [4.69, 9.17) is 14.9 Å². The zero-order valence-electron chi connectivity index (χ0n) is 16.9. The number of hydrogen-bond acceptors (Lipinski definition) is 6. The number of carbonyl (C=O) groups is 2. The molecule has 0 fully saturated rings. The van der Waals surface area contributed by atoms with Crippen molar-refractivity contribution in [2.24, 2.45) is 0 Å². The van der Waals surface area contributed by atoms with Crippen LogP contribution in [0.2, 0.25) is 0 Å². The van der Waals surface area contributed by atoms with Crippen LogP contribution in [0, 0.1) is 0 Å². The third-order valence-corrected chi connectivity index (χ3v) is 3.70. The van der Waals surface area contributed by atoms with Gasteiger partial charge in [0.1, 0.15) is 12.7 Å². The van der Waals surface area contributed by atoms with Gasteiger partial charge in [-0.1, -0.05) is 77.9 Å². The Kier molecular flexibility index (Phi) is 22.8. The topological polar surface area (TPSA) is 93.1 Å². The summed E-state index contributed by atoms with van der Waals surface area (Å²) in [4.78, 5) is 21.0. The van der Waals surface area contributed by atoms with Crippen molar-refractivity contribution in [2.75, 3.05) is 19.8 Å². The fourth-order valence-corrected chi connectivity index (χ4v) is 2.11. The van der Waals surface area contributed by atoms with Crippen molar-refractivity contribution in [2.45, 2.75) is 77.2 Å². The molecule has 0 bridgehead atoms. The Morgan fingerprint density at radius 3 is 1.74 bits per heavy atom. The van der Waals surface area contributed by atoms with Crippen LogP contribution in [0.25, 0.3) is 0 Å². The second-order valence-corrected chi connectivity index (χ2v) is 6.22. The summed E-state index contributed by atoms with van der Waals surface area (Å²) in [5.41, 5.74) is 0. The molecular formula is C21H38O6. The highest BCUT2D eigenvalue weighted by molar-refractivity contribution is 5.81. The monoisotopic (exact) mass is 386 g/mol. The Labute approximate surface area is 164 Å². The van der Waals surface area contributed by atoms with Crippen molar-refractivity contribution in [1.82, 2.24) is 0 Å². The summed E-state index contributed by atoms with van der Waals surface area (Å²) in [5, 5.41) is 16.9. The first kappa shape index (κ1) is 27.6. The van der Waals surface area contributed by atoms with Crippen molar-refractivity contribution in [3.05, 3.63) is 25.3 Å². The van der Waals surface area contributed by atoms with Gasteiger partial charge in [0.05, 0.1) is 13.2 Å². The molecule has 2 N–H and O–H groups in total. The zero-order valence-corrected chi connectivity index (χ0v) is 16.9. The molecule has 0 spiro atoms. The number of unbranched alkanes of at least 4 members (excludes halogenated alkanes) is 9. The molecule has 0 aliphatic carbocycles. The van der Waals surface area contributed by atoms with E-state index < -0.39 is 18.7 Å². The second-order valence-electron chi connectivity index (χ2n) is 6.22. The molecule has 6 nitrogen and oxygen atoms in total. The molecule has 0 amide bonds. The molecule has 0 aliphatic heterocycles. The largest absolute Gasteiger partial charge is 0.463 e. The Balaban J connectivity index is 0. The number of ether oxygens (including phenoxy) is 2. The van der Waals surface area contributed by atoms with Gasteiger partial charge in [-0.05, 0) is 6.42 Å². The van der Waals surface area contributed by atoms with Gasteiger partial charge in [-0.3, -0.25) is 0 Å². The molecule has 0 radical (unpaired) electrons. The lowest BCUT2D eigenvalue weighted by molar-refractivity contribution is -0.141. The predicted octanol–water partition coefficient (Wildman–Crippen LogP) is 3.71. The van der Waals surface area contributed by atoms with Crippen LogP contribution in [0.15, 0.2) is 25.3 Å². The number of esters is 2. The molecule has 0 aromatic carbocycles. The molecule has 0 aromatic heterocycles. The minimum atomic E-state index is -0.996. The van der Waals surface area contributed by atoms with Crippen LogP contribution >= 0.6 is 0 Å². The summed E-state index contributed by atoms with van der Waals surface area (Å²) in [6, 6.07) is 0. The molecule has 0 saturated carbocycles. The van der Waals surface area contributed by atoms with Crippen LogP contribution in [0.4, 0.5) is 0 Å². The smallest absolute Gasteiger partial charge is 0.330 e. The fourth-order valence-electron chi connectivity index (χ4n) is 2.11.